The highest BCUT2D eigenvalue weighted by Crippen LogP contribution is 2.36. The zero-order valence-electron chi connectivity index (χ0n) is 13.6. The smallest absolute Gasteiger partial charge is 0.231 e. The van der Waals surface area contributed by atoms with Crippen LogP contribution in [0.4, 0.5) is 5.13 Å². The normalized spacial score (nSPS) is 18.0. The number of halogens is 1. The Hall–Kier alpha value is -1.17. The molecule has 2 aromatic rings. The lowest BCUT2D eigenvalue weighted by atomic mass is 10.1. The molecule has 1 amide bonds. The standard InChI is InChI=1S/C17H21ClN2O2S/c1-10(2)16(21)20(9-12-5-4-8-22-12)17-19-14-11(3)6-7-13(18)15(14)23-17/h6-7,10,12H,4-5,8-9H2,1-3H3. The third kappa shape index (κ3) is 3.37. The first kappa shape index (κ1) is 16.7. The lowest BCUT2D eigenvalue weighted by molar-refractivity contribution is -0.121. The molecule has 3 rings (SSSR count). The molecule has 124 valence electrons. The summed E-state index contributed by atoms with van der Waals surface area (Å²) in [7, 11) is 0. The molecular formula is C17H21ClN2O2S. The van der Waals surface area contributed by atoms with Crippen molar-refractivity contribution >= 4 is 44.2 Å². The van der Waals surface area contributed by atoms with Crippen LogP contribution in [0, 0.1) is 12.8 Å². The van der Waals surface area contributed by atoms with E-state index in [2.05, 4.69) is 0 Å². The molecule has 1 aromatic carbocycles. The maximum absolute atomic E-state index is 12.7. The first-order chi connectivity index (χ1) is 11.0. The molecule has 1 fully saturated rings. The van der Waals surface area contributed by atoms with Gasteiger partial charge >= 0.3 is 0 Å². The molecule has 2 heterocycles. The van der Waals surface area contributed by atoms with Gasteiger partial charge in [0.1, 0.15) is 0 Å². The summed E-state index contributed by atoms with van der Waals surface area (Å²) in [5.74, 6) is -0.00619. The van der Waals surface area contributed by atoms with Crippen LogP contribution in [0.5, 0.6) is 0 Å². The van der Waals surface area contributed by atoms with E-state index in [0.717, 1.165) is 35.2 Å². The first-order valence-electron chi connectivity index (χ1n) is 7.96. The molecule has 1 aliphatic rings. The third-order valence-corrected chi connectivity index (χ3v) is 5.63. The second-order valence-electron chi connectivity index (χ2n) is 6.28. The van der Waals surface area contributed by atoms with E-state index < -0.39 is 0 Å². The monoisotopic (exact) mass is 352 g/mol. The lowest BCUT2D eigenvalue weighted by Gasteiger charge is -2.24. The van der Waals surface area contributed by atoms with Gasteiger partial charge in [0.05, 0.1) is 27.9 Å². The molecule has 1 aliphatic heterocycles. The first-order valence-corrected chi connectivity index (χ1v) is 9.15. The SMILES string of the molecule is Cc1ccc(Cl)c2sc(N(CC3CCCO3)C(=O)C(C)C)nc12. The van der Waals surface area contributed by atoms with E-state index in [4.69, 9.17) is 21.3 Å². The molecule has 0 aliphatic carbocycles. The van der Waals surface area contributed by atoms with Crippen molar-refractivity contribution in [2.45, 2.75) is 39.7 Å². The molecule has 1 atom stereocenters. The maximum atomic E-state index is 12.7. The summed E-state index contributed by atoms with van der Waals surface area (Å²) in [6.07, 6.45) is 2.15. The Morgan fingerprint density at radius 3 is 2.91 bits per heavy atom. The van der Waals surface area contributed by atoms with Crippen LogP contribution >= 0.6 is 22.9 Å². The van der Waals surface area contributed by atoms with Crippen molar-refractivity contribution < 1.29 is 9.53 Å². The van der Waals surface area contributed by atoms with E-state index in [9.17, 15) is 4.79 Å². The highest BCUT2D eigenvalue weighted by Gasteiger charge is 2.28. The van der Waals surface area contributed by atoms with Crippen molar-refractivity contribution in [3.8, 4) is 0 Å². The van der Waals surface area contributed by atoms with Crippen molar-refractivity contribution in [3.05, 3.63) is 22.7 Å². The number of carbonyl (C=O) groups is 1. The Morgan fingerprint density at radius 1 is 1.52 bits per heavy atom. The van der Waals surface area contributed by atoms with E-state index >= 15 is 0 Å². The quantitative estimate of drug-likeness (QED) is 0.817. The summed E-state index contributed by atoms with van der Waals surface area (Å²) >= 11 is 7.78. The molecule has 1 unspecified atom stereocenters. The number of benzene rings is 1. The summed E-state index contributed by atoms with van der Waals surface area (Å²) in [6, 6.07) is 3.85. The molecule has 4 nitrogen and oxygen atoms in total. The second-order valence-corrected chi connectivity index (χ2v) is 7.66. The van der Waals surface area contributed by atoms with Gasteiger partial charge in [0.25, 0.3) is 0 Å². The number of rotatable bonds is 4. The van der Waals surface area contributed by atoms with Gasteiger partial charge in [0.15, 0.2) is 5.13 Å². The highest BCUT2D eigenvalue weighted by molar-refractivity contribution is 7.23. The third-order valence-electron chi connectivity index (χ3n) is 4.09. The van der Waals surface area contributed by atoms with E-state index in [-0.39, 0.29) is 17.9 Å². The minimum absolute atomic E-state index is 0.0772. The van der Waals surface area contributed by atoms with Crippen molar-refractivity contribution in [1.82, 2.24) is 4.98 Å². The number of hydrogen-bond donors (Lipinski definition) is 0. The van der Waals surface area contributed by atoms with Gasteiger partial charge in [-0.25, -0.2) is 4.98 Å². The van der Waals surface area contributed by atoms with Crippen LogP contribution in [-0.4, -0.2) is 30.1 Å². The van der Waals surface area contributed by atoms with Gasteiger partial charge in [-0.1, -0.05) is 42.9 Å². The Labute approximate surface area is 145 Å². The molecule has 0 bridgehead atoms. The predicted molar refractivity (Wildman–Crippen MR) is 95.5 cm³/mol. The molecule has 6 heteroatoms. The Bertz CT molecular complexity index is 684. The number of aryl methyl sites for hydroxylation is 1. The van der Waals surface area contributed by atoms with Gasteiger partial charge < -0.3 is 4.74 Å². The Balaban J connectivity index is 1.99. The maximum Gasteiger partial charge on any atom is 0.231 e. The van der Waals surface area contributed by atoms with Crippen LogP contribution in [0.3, 0.4) is 0 Å². The number of hydrogen-bond acceptors (Lipinski definition) is 4. The van der Waals surface area contributed by atoms with E-state index in [1.54, 1.807) is 4.90 Å². The zero-order valence-corrected chi connectivity index (χ0v) is 15.2. The van der Waals surface area contributed by atoms with Crippen molar-refractivity contribution in [1.29, 1.82) is 0 Å². The number of fused-ring (bicyclic) bond motifs is 1. The van der Waals surface area contributed by atoms with E-state index in [0.29, 0.717) is 16.7 Å². The average molecular weight is 353 g/mol. The summed E-state index contributed by atoms with van der Waals surface area (Å²) in [5, 5.41) is 1.40. The fraction of sp³-hybridized carbons (Fsp3) is 0.529. The predicted octanol–water partition coefficient (Wildman–Crippen LogP) is 4.43. The minimum atomic E-state index is -0.0833. The molecule has 0 saturated carbocycles. The molecular weight excluding hydrogens is 332 g/mol. The fourth-order valence-corrected chi connectivity index (χ4v) is 4.10. The van der Waals surface area contributed by atoms with Crippen molar-refractivity contribution in [2.24, 2.45) is 5.92 Å². The van der Waals surface area contributed by atoms with Gasteiger partial charge in [0.2, 0.25) is 5.91 Å². The molecule has 0 radical (unpaired) electrons. The molecule has 23 heavy (non-hydrogen) atoms. The molecule has 1 aromatic heterocycles. The minimum Gasteiger partial charge on any atom is -0.376 e. The highest BCUT2D eigenvalue weighted by atomic mass is 35.5. The molecule has 0 N–H and O–H groups in total. The van der Waals surface area contributed by atoms with Crippen molar-refractivity contribution in [2.75, 3.05) is 18.1 Å². The lowest BCUT2D eigenvalue weighted by Crippen LogP contribution is -2.39. The molecule has 1 saturated heterocycles. The summed E-state index contributed by atoms with van der Waals surface area (Å²) in [5.41, 5.74) is 1.95. The van der Waals surface area contributed by atoms with Crippen LogP contribution in [0.1, 0.15) is 32.3 Å². The van der Waals surface area contributed by atoms with Crippen LogP contribution in [0.25, 0.3) is 10.2 Å². The van der Waals surface area contributed by atoms with Gasteiger partial charge in [-0.3, -0.25) is 9.69 Å². The summed E-state index contributed by atoms with van der Waals surface area (Å²) in [6.45, 7) is 7.18. The number of ether oxygens (including phenoxy) is 1. The van der Waals surface area contributed by atoms with Crippen LogP contribution in [-0.2, 0) is 9.53 Å². The van der Waals surface area contributed by atoms with Crippen molar-refractivity contribution in [3.63, 3.8) is 0 Å². The summed E-state index contributed by atoms with van der Waals surface area (Å²) in [4.78, 5) is 19.2. The Kier molecular flexibility index (Phi) is 4.90. The van der Waals surface area contributed by atoms with E-state index in [1.165, 1.54) is 11.3 Å². The van der Waals surface area contributed by atoms with Crippen LogP contribution in [0.2, 0.25) is 5.02 Å². The topological polar surface area (TPSA) is 42.4 Å². The van der Waals surface area contributed by atoms with Crippen LogP contribution in [0.15, 0.2) is 12.1 Å². The zero-order chi connectivity index (χ0) is 16.6. The van der Waals surface area contributed by atoms with Gasteiger partial charge in [-0.15, -0.1) is 0 Å². The Morgan fingerprint density at radius 2 is 2.30 bits per heavy atom. The number of amides is 1. The number of nitrogens with zero attached hydrogens (tertiary/aromatic N) is 2. The average Bonchev–Trinajstić information content (AvgIpc) is 3.17. The van der Waals surface area contributed by atoms with E-state index in [1.807, 2.05) is 32.9 Å². The largest absolute Gasteiger partial charge is 0.376 e. The van der Waals surface area contributed by atoms with Gasteiger partial charge in [0, 0.05) is 12.5 Å². The second kappa shape index (κ2) is 6.75. The number of thiazole rings is 1. The van der Waals surface area contributed by atoms with Crippen LogP contribution < -0.4 is 4.90 Å². The van der Waals surface area contributed by atoms with Gasteiger partial charge in [-0.2, -0.15) is 0 Å². The van der Waals surface area contributed by atoms with Gasteiger partial charge in [-0.05, 0) is 31.4 Å². The fourth-order valence-electron chi connectivity index (χ4n) is 2.77. The molecule has 0 spiro atoms. The number of anilines is 1. The number of aromatic nitrogens is 1. The number of carbonyl (C=O) groups excluding carboxylic acids is 1. The summed E-state index contributed by atoms with van der Waals surface area (Å²) < 4.78 is 6.65.